The number of nitrogens with zero attached hydrogens (tertiary/aromatic N) is 4. The number of hydrogen-bond donors (Lipinski definition) is 1. The van der Waals surface area contributed by atoms with Crippen LogP contribution in [0.1, 0.15) is 0 Å². The summed E-state index contributed by atoms with van der Waals surface area (Å²) in [7, 11) is 1.99. The van der Waals surface area contributed by atoms with E-state index in [0.717, 1.165) is 40.2 Å². The fourth-order valence-corrected chi connectivity index (χ4v) is 2.68. The lowest BCUT2D eigenvalue weighted by atomic mass is 10.2. The predicted octanol–water partition coefficient (Wildman–Crippen LogP) is 1.79. The number of rotatable bonds is 1. The normalized spacial score (nSPS) is 14.4. The molecular weight excluding hydrogens is 294 g/mol. The predicted molar refractivity (Wildman–Crippen MR) is 75.9 cm³/mol. The third-order valence-electron chi connectivity index (χ3n) is 2.89. The van der Waals surface area contributed by atoms with Gasteiger partial charge in [-0.25, -0.2) is 0 Å². The Morgan fingerprint density at radius 2 is 2.11 bits per heavy atom. The fourth-order valence-electron chi connectivity index (χ4n) is 1.98. The van der Waals surface area contributed by atoms with E-state index in [4.69, 9.17) is 0 Å². The minimum absolute atomic E-state index is 0.824. The van der Waals surface area contributed by atoms with Crippen LogP contribution in [-0.2, 0) is 0 Å². The molecule has 2 aromatic rings. The Labute approximate surface area is 113 Å². The molecule has 0 fully saturated rings. The summed E-state index contributed by atoms with van der Waals surface area (Å²) >= 11 is 3.60. The van der Waals surface area contributed by atoms with Crippen molar-refractivity contribution in [2.24, 2.45) is 4.99 Å². The maximum absolute atomic E-state index is 4.41. The topological polar surface area (TPSA) is 53.4 Å². The molecule has 0 unspecified atom stereocenters. The number of halogens is 1. The molecule has 0 aliphatic carbocycles. The fraction of sp³-hybridized carbons (Fsp3) is 0.250. The summed E-state index contributed by atoms with van der Waals surface area (Å²) < 4.78 is 0.937. The number of anilines is 1. The van der Waals surface area contributed by atoms with E-state index in [1.54, 1.807) is 12.4 Å². The molecule has 0 spiro atoms. The second kappa shape index (κ2) is 4.53. The van der Waals surface area contributed by atoms with Gasteiger partial charge in [0.15, 0.2) is 5.96 Å². The number of aromatic nitrogens is 2. The first kappa shape index (κ1) is 11.4. The van der Waals surface area contributed by atoms with Gasteiger partial charge in [0.25, 0.3) is 0 Å². The van der Waals surface area contributed by atoms with Crippen molar-refractivity contribution in [3.05, 3.63) is 29.0 Å². The molecule has 1 N–H and O–H groups in total. The van der Waals surface area contributed by atoms with E-state index in [2.05, 4.69) is 36.2 Å². The van der Waals surface area contributed by atoms with Crippen molar-refractivity contribution >= 4 is 38.6 Å². The second-order valence-electron chi connectivity index (χ2n) is 4.01. The zero-order chi connectivity index (χ0) is 12.5. The summed E-state index contributed by atoms with van der Waals surface area (Å²) in [5, 5.41) is 3.25. The Hall–Kier alpha value is -1.69. The molecule has 1 aromatic carbocycles. The number of fused-ring (bicyclic) bond motifs is 1. The maximum Gasteiger partial charge on any atom is 0.198 e. The molecule has 3 rings (SSSR count). The van der Waals surface area contributed by atoms with Crippen LogP contribution in [0.2, 0.25) is 0 Å². The van der Waals surface area contributed by atoms with Gasteiger partial charge in [-0.15, -0.1) is 0 Å². The Morgan fingerprint density at radius 3 is 2.89 bits per heavy atom. The molecule has 1 aromatic heterocycles. The molecule has 0 radical (unpaired) electrons. The van der Waals surface area contributed by atoms with Gasteiger partial charge in [0, 0.05) is 26.0 Å². The van der Waals surface area contributed by atoms with Crippen LogP contribution in [0.3, 0.4) is 0 Å². The van der Waals surface area contributed by atoms with Gasteiger partial charge in [-0.1, -0.05) is 0 Å². The highest BCUT2D eigenvalue weighted by molar-refractivity contribution is 9.10. The first-order valence-corrected chi connectivity index (χ1v) is 6.48. The lowest BCUT2D eigenvalue weighted by molar-refractivity contribution is 0.951. The Balaban J connectivity index is 2.09. The van der Waals surface area contributed by atoms with Crippen molar-refractivity contribution in [1.82, 2.24) is 15.3 Å². The lowest BCUT2D eigenvalue weighted by Gasteiger charge is -2.20. The summed E-state index contributed by atoms with van der Waals surface area (Å²) in [4.78, 5) is 15.1. The average Bonchev–Trinajstić information content (AvgIpc) is 2.93. The molecule has 0 saturated carbocycles. The van der Waals surface area contributed by atoms with Crippen molar-refractivity contribution in [2.45, 2.75) is 0 Å². The van der Waals surface area contributed by atoms with Crippen molar-refractivity contribution in [1.29, 1.82) is 0 Å². The monoisotopic (exact) mass is 305 g/mol. The van der Waals surface area contributed by atoms with E-state index in [1.165, 1.54) is 0 Å². The molecular formula is C12H12BrN5. The lowest BCUT2D eigenvalue weighted by Crippen LogP contribution is -2.35. The van der Waals surface area contributed by atoms with E-state index in [9.17, 15) is 0 Å². The third kappa shape index (κ3) is 1.82. The molecule has 0 saturated heterocycles. The Morgan fingerprint density at radius 1 is 1.28 bits per heavy atom. The molecule has 6 heteroatoms. The van der Waals surface area contributed by atoms with Crippen molar-refractivity contribution in [3.8, 4) is 0 Å². The van der Waals surface area contributed by atoms with E-state index >= 15 is 0 Å². The summed E-state index contributed by atoms with van der Waals surface area (Å²) in [6.45, 7) is 1.72. The molecule has 1 aliphatic heterocycles. The number of nitrogens with one attached hydrogen (secondary N) is 1. The molecule has 0 atom stereocenters. The Kier molecular flexibility index (Phi) is 2.87. The Bertz CT molecular complexity index is 625. The molecule has 18 heavy (non-hydrogen) atoms. The minimum atomic E-state index is 0.824. The summed E-state index contributed by atoms with van der Waals surface area (Å²) in [5.74, 6) is 0.888. The van der Waals surface area contributed by atoms with Crippen LogP contribution in [0.25, 0.3) is 11.0 Å². The van der Waals surface area contributed by atoms with Gasteiger partial charge in [0.2, 0.25) is 0 Å². The maximum atomic E-state index is 4.41. The molecule has 2 heterocycles. The van der Waals surface area contributed by atoms with Gasteiger partial charge in [0.05, 0.1) is 22.2 Å². The minimum Gasteiger partial charge on any atom is -0.354 e. The van der Waals surface area contributed by atoms with Crippen LogP contribution in [0, 0.1) is 0 Å². The highest BCUT2D eigenvalue weighted by Gasteiger charge is 2.16. The molecule has 92 valence electrons. The number of aliphatic imine (C=N–C) groups is 1. The second-order valence-corrected chi connectivity index (χ2v) is 4.81. The van der Waals surface area contributed by atoms with Crippen molar-refractivity contribution in [2.75, 3.05) is 25.0 Å². The van der Waals surface area contributed by atoms with E-state index < -0.39 is 0 Å². The van der Waals surface area contributed by atoms with Gasteiger partial charge < -0.3 is 10.2 Å². The number of hydrogen-bond acceptors (Lipinski definition) is 5. The first-order chi connectivity index (χ1) is 8.77. The van der Waals surface area contributed by atoms with Gasteiger partial charge in [0.1, 0.15) is 5.52 Å². The van der Waals surface area contributed by atoms with Crippen LogP contribution in [0.5, 0.6) is 0 Å². The summed E-state index contributed by atoms with van der Waals surface area (Å²) in [6, 6.07) is 3.98. The van der Waals surface area contributed by atoms with E-state index in [0.29, 0.717) is 0 Å². The van der Waals surface area contributed by atoms with Crippen LogP contribution >= 0.6 is 15.9 Å². The van der Waals surface area contributed by atoms with Gasteiger partial charge in [-0.3, -0.25) is 15.0 Å². The largest absolute Gasteiger partial charge is 0.354 e. The SMILES string of the molecule is CN(C1=NCCN1)c1ccc2nccnc2c1Br. The van der Waals surface area contributed by atoms with E-state index in [1.807, 2.05) is 24.1 Å². The zero-order valence-corrected chi connectivity index (χ0v) is 11.5. The molecule has 0 bridgehead atoms. The molecule has 5 nitrogen and oxygen atoms in total. The summed E-state index contributed by atoms with van der Waals surface area (Å²) in [6.07, 6.45) is 3.39. The van der Waals surface area contributed by atoms with Gasteiger partial charge in [-0.05, 0) is 28.1 Å². The van der Waals surface area contributed by atoms with Crippen LogP contribution < -0.4 is 10.2 Å². The van der Waals surface area contributed by atoms with Gasteiger partial charge in [-0.2, -0.15) is 0 Å². The molecule has 1 aliphatic rings. The zero-order valence-electron chi connectivity index (χ0n) is 9.89. The first-order valence-electron chi connectivity index (χ1n) is 5.68. The third-order valence-corrected chi connectivity index (χ3v) is 3.68. The van der Waals surface area contributed by atoms with Crippen molar-refractivity contribution in [3.63, 3.8) is 0 Å². The highest BCUT2D eigenvalue weighted by Crippen LogP contribution is 2.31. The average molecular weight is 306 g/mol. The number of guanidine groups is 1. The van der Waals surface area contributed by atoms with Crippen molar-refractivity contribution < 1.29 is 0 Å². The van der Waals surface area contributed by atoms with Gasteiger partial charge >= 0.3 is 0 Å². The van der Waals surface area contributed by atoms with E-state index in [-0.39, 0.29) is 0 Å². The van der Waals surface area contributed by atoms with Crippen LogP contribution in [0.4, 0.5) is 5.69 Å². The highest BCUT2D eigenvalue weighted by atomic mass is 79.9. The standard InChI is InChI=1S/C12H12BrN5/c1-18(12-16-6-7-17-12)9-3-2-8-11(10(9)13)15-5-4-14-8/h2-5H,6-7H2,1H3,(H,16,17). The quantitative estimate of drug-likeness (QED) is 0.873. The van der Waals surface area contributed by atoms with Crippen LogP contribution in [0.15, 0.2) is 34.0 Å². The number of benzene rings is 1. The summed E-state index contributed by atoms with van der Waals surface area (Å²) in [5.41, 5.74) is 2.76. The molecule has 0 amide bonds. The smallest absolute Gasteiger partial charge is 0.198 e. The van der Waals surface area contributed by atoms with Crippen LogP contribution in [-0.4, -0.2) is 36.1 Å².